The van der Waals surface area contributed by atoms with Gasteiger partial charge >= 0.3 is 0 Å². The molecule has 19 heavy (non-hydrogen) atoms. The van der Waals surface area contributed by atoms with E-state index in [0.29, 0.717) is 16.8 Å². The van der Waals surface area contributed by atoms with Crippen LogP contribution in [0.4, 0.5) is 0 Å². The molecule has 0 spiro atoms. The van der Waals surface area contributed by atoms with Gasteiger partial charge in [0.1, 0.15) is 11.4 Å². The third kappa shape index (κ3) is 1.84. The molecule has 2 N–H and O–H groups in total. The van der Waals surface area contributed by atoms with Crippen molar-refractivity contribution in [3.8, 4) is 0 Å². The quantitative estimate of drug-likeness (QED) is 0.831. The number of ketones is 2. The van der Waals surface area contributed by atoms with Gasteiger partial charge in [0.25, 0.3) is 0 Å². The molecule has 0 saturated carbocycles. The summed E-state index contributed by atoms with van der Waals surface area (Å²) < 4.78 is 0. The van der Waals surface area contributed by atoms with Crippen molar-refractivity contribution in [1.29, 1.82) is 0 Å². The first-order chi connectivity index (χ1) is 9.20. The van der Waals surface area contributed by atoms with E-state index in [2.05, 4.69) is 0 Å². The first-order valence-corrected chi connectivity index (χ1v) is 6.63. The van der Waals surface area contributed by atoms with Gasteiger partial charge in [0.15, 0.2) is 0 Å². The van der Waals surface area contributed by atoms with Gasteiger partial charge in [0.2, 0.25) is 11.6 Å². The summed E-state index contributed by atoms with van der Waals surface area (Å²) in [7, 11) is 0. The van der Waals surface area contributed by atoms with Gasteiger partial charge in [-0.1, -0.05) is 24.3 Å². The number of fused-ring (bicyclic) bond motifs is 1. The SMILES string of the molecule is NC1=C(N2CCCCC2)C(=O)c2ccccc2C1=O. The average molecular weight is 256 g/mol. The average Bonchev–Trinajstić information content (AvgIpc) is 2.46. The second-order valence-corrected chi connectivity index (χ2v) is 5.01. The Morgan fingerprint density at radius 1 is 0.895 bits per heavy atom. The number of likely N-dealkylation sites (tertiary alicyclic amines) is 1. The maximum atomic E-state index is 12.5. The summed E-state index contributed by atoms with van der Waals surface area (Å²) in [6.07, 6.45) is 3.25. The van der Waals surface area contributed by atoms with Crippen LogP contribution < -0.4 is 5.73 Å². The van der Waals surface area contributed by atoms with Crippen molar-refractivity contribution in [2.45, 2.75) is 19.3 Å². The van der Waals surface area contributed by atoms with Gasteiger partial charge in [-0.05, 0) is 19.3 Å². The molecule has 1 aromatic carbocycles. The number of benzene rings is 1. The molecule has 3 rings (SSSR count). The smallest absolute Gasteiger partial charge is 0.212 e. The zero-order valence-corrected chi connectivity index (χ0v) is 10.7. The first-order valence-electron chi connectivity index (χ1n) is 6.63. The van der Waals surface area contributed by atoms with E-state index in [-0.39, 0.29) is 17.3 Å². The van der Waals surface area contributed by atoms with Gasteiger partial charge in [0, 0.05) is 24.2 Å². The highest BCUT2D eigenvalue weighted by Gasteiger charge is 2.33. The Labute approximate surface area is 111 Å². The number of nitrogens with zero attached hydrogens (tertiary/aromatic N) is 1. The first kappa shape index (κ1) is 12.0. The van der Waals surface area contributed by atoms with Crippen molar-refractivity contribution in [3.05, 3.63) is 46.8 Å². The van der Waals surface area contributed by atoms with Crippen LogP contribution in [0.5, 0.6) is 0 Å². The summed E-state index contributed by atoms with van der Waals surface area (Å²) in [6.45, 7) is 1.61. The summed E-state index contributed by atoms with van der Waals surface area (Å²) >= 11 is 0. The molecule has 1 aliphatic carbocycles. The zero-order chi connectivity index (χ0) is 13.4. The van der Waals surface area contributed by atoms with E-state index in [9.17, 15) is 9.59 Å². The number of Topliss-reactive ketones (excluding diaryl/α,β-unsaturated/α-hetero) is 2. The van der Waals surface area contributed by atoms with Crippen molar-refractivity contribution < 1.29 is 9.59 Å². The monoisotopic (exact) mass is 256 g/mol. The van der Waals surface area contributed by atoms with Crippen LogP contribution in [0.15, 0.2) is 35.7 Å². The Morgan fingerprint density at radius 2 is 1.47 bits per heavy atom. The van der Waals surface area contributed by atoms with Crippen molar-refractivity contribution in [3.63, 3.8) is 0 Å². The predicted octanol–water partition coefficient (Wildman–Crippen LogP) is 1.72. The third-order valence-electron chi connectivity index (χ3n) is 3.80. The lowest BCUT2D eigenvalue weighted by Crippen LogP contribution is -2.39. The van der Waals surface area contributed by atoms with Crippen LogP contribution in [0, 0.1) is 0 Å². The molecule has 4 nitrogen and oxygen atoms in total. The largest absolute Gasteiger partial charge is 0.394 e. The standard InChI is InChI=1S/C15H16N2O2/c16-12-13(17-8-4-1-5-9-17)15(19)11-7-3-2-6-10(11)14(12)18/h2-3,6-7H,1,4-5,8-9,16H2. The fourth-order valence-electron chi connectivity index (χ4n) is 2.81. The molecule has 4 heteroatoms. The van der Waals surface area contributed by atoms with E-state index in [4.69, 9.17) is 5.73 Å². The second kappa shape index (κ2) is 4.53. The lowest BCUT2D eigenvalue weighted by molar-refractivity contribution is 0.0932. The fraction of sp³-hybridized carbons (Fsp3) is 0.333. The summed E-state index contributed by atoms with van der Waals surface area (Å²) in [4.78, 5) is 26.8. The highest BCUT2D eigenvalue weighted by Crippen LogP contribution is 2.27. The van der Waals surface area contributed by atoms with E-state index < -0.39 is 0 Å². The van der Waals surface area contributed by atoms with Crippen molar-refractivity contribution in [2.24, 2.45) is 5.73 Å². The summed E-state index contributed by atoms with van der Waals surface area (Å²) in [6, 6.07) is 6.89. The fourth-order valence-corrected chi connectivity index (χ4v) is 2.81. The molecule has 0 radical (unpaired) electrons. The number of piperidine rings is 1. The minimum Gasteiger partial charge on any atom is -0.394 e. The topological polar surface area (TPSA) is 63.4 Å². The summed E-state index contributed by atoms with van der Waals surface area (Å²) in [5, 5.41) is 0. The molecule has 1 aliphatic heterocycles. The molecule has 98 valence electrons. The van der Waals surface area contributed by atoms with Crippen LogP contribution in [-0.4, -0.2) is 29.6 Å². The van der Waals surface area contributed by atoms with Gasteiger partial charge in [-0.2, -0.15) is 0 Å². The number of carbonyl (C=O) groups is 2. The van der Waals surface area contributed by atoms with Crippen molar-refractivity contribution >= 4 is 11.6 Å². The van der Waals surface area contributed by atoms with Crippen molar-refractivity contribution in [2.75, 3.05) is 13.1 Å². The van der Waals surface area contributed by atoms with Gasteiger partial charge < -0.3 is 10.6 Å². The molecule has 0 unspecified atom stereocenters. The Morgan fingerprint density at radius 3 is 2.11 bits per heavy atom. The minimum atomic E-state index is -0.226. The van der Waals surface area contributed by atoms with Crippen LogP contribution in [-0.2, 0) is 0 Å². The highest BCUT2D eigenvalue weighted by atomic mass is 16.1. The zero-order valence-electron chi connectivity index (χ0n) is 10.7. The molecular formula is C15H16N2O2. The molecule has 0 atom stereocenters. The van der Waals surface area contributed by atoms with Gasteiger partial charge in [-0.15, -0.1) is 0 Å². The van der Waals surface area contributed by atoms with E-state index in [1.807, 2.05) is 4.90 Å². The highest BCUT2D eigenvalue weighted by molar-refractivity contribution is 6.26. The number of hydrogen-bond acceptors (Lipinski definition) is 4. The Kier molecular flexibility index (Phi) is 2.85. The van der Waals surface area contributed by atoms with Crippen LogP contribution >= 0.6 is 0 Å². The van der Waals surface area contributed by atoms with Crippen molar-refractivity contribution in [1.82, 2.24) is 4.90 Å². The van der Waals surface area contributed by atoms with E-state index in [1.165, 1.54) is 6.42 Å². The number of allylic oxidation sites excluding steroid dienone is 2. The maximum absolute atomic E-state index is 12.5. The van der Waals surface area contributed by atoms with Gasteiger partial charge in [-0.3, -0.25) is 9.59 Å². The molecule has 2 aliphatic rings. The molecule has 0 bridgehead atoms. The van der Waals surface area contributed by atoms with E-state index in [1.54, 1.807) is 24.3 Å². The predicted molar refractivity (Wildman–Crippen MR) is 71.7 cm³/mol. The van der Waals surface area contributed by atoms with Crippen LogP contribution in [0.2, 0.25) is 0 Å². The minimum absolute atomic E-state index is 0.102. The lowest BCUT2D eigenvalue weighted by Gasteiger charge is -2.33. The Hall–Kier alpha value is -2.10. The third-order valence-corrected chi connectivity index (χ3v) is 3.80. The number of nitrogens with two attached hydrogens (primary N) is 1. The maximum Gasteiger partial charge on any atom is 0.212 e. The molecule has 1 fully saturated rings. The van der Waals surface area contributed by atoms with Crippen LogP contribution in [0.25, 0.3) is 0 Å². The number of hydrogen-bond donors (Lipinski definition) is 1. The second-order valence-electron chi connectivity index (χ2n) is 5.01. The van der Waals surface area contributed by atoms with E-state index in [0.717, 1.165) is 25.9 Å². The molecule has 0 aromatic heterocycles. The lowest BCUT2D eigenvalue weighted by atomic mass is 9.89. The van der Waals surface area contributed by atoms with Crippen LogP contribution in [0.3, 0.4) is 0 Å². The van der Waals surface area contributed by atoms with Crippen LogP contribution in [0.1, 0.15) is 40.0 Å². The normalized spacial score (nSPS) is 19.7. The Bertz CT molecular complexity index is 584. The number of rotatable bonds is 1. The molecule has 0 amide bonds. The molecule has 1 aromatic rings. The summed E-state index contributed by atoms with van der Waals surface area (Å²) in [5.41, 5.74) is 7.33. The molecule has 1 heterocycles. The summed E-state index contributed by atoms with van der Waals surface area (Å²) in [5.74, 6) is -0.342. The Balaban J connectivity index is 2.07. The molecular weight excluding hydrogens is 240 g/mol. The van der Waals surface area contributed by atoms with Gasteiger partial charge in [0.05, 0.1) is 0 Å². The molecule has 1 saturated heterocycles. The van der Waals surface area contributed by atoms with Gasteiger partial charge in [-0.25, -0.2) is 0 Å². The van der Waals surface area contributed by atoms with E-state index >= 15 is 0 Å². The number of carbonyl (C=O) groups excluding carboxylic acids is 2.